The van der Waals surface area contributed by atoms with E-state index in [1.165, 1.54) is 13.3 Å². The topological polar surface area (TPSA) is 140 Å². The van der Waals surface area contributed by atoms with Gasteiger partial charge in [0.2, 0.25) is 0 Å². The summed E-state index contributed by atoms with van der Waals surface area (Å²) in [5.41, 5.74) is 5.02. The number of esters is 1. The highest BCUT2D eigenvalue weighted by atomic mass is 35.5. The maximum Gasteiger partial charge on any atom is 0.337 e. The molecule has 0 fully saturated rings. The molecule has 0 radical (unpaired) electrons. The van der Waals surface area contributed by atoms with Crippen LogP contribution in [0.15, 0.2) is 71.0 Å². The van der Waals surface area contributed by atoms with Crippen molar-refractivity contribution in [2.75, 3.05) is 20.3 Å². The van der Waals surface area contributed by atoms with Gasteiger partial charge in [0.05, 0.1) is 36.6 Å². The lowest BCUT2D eigenvalue weighted by Gasteiger charge is -2.28. The first-order valence-corrected chi connectivity index (χ1v) is 14.8. The number of aliphatic hydroxyl groups is 1. The van der Waals surface area contributed by atoms with Gasteiger partial charge >= 0.3 is 12.0 Å². The Morgan fingerprint density at radius 1 is 1.07 bits per heavy atom. The molecule has 2 amide bonds. The molecule has 3 aromatic carbocycles. The summed E-state index contributed by atoms with van der Waals surface area (Å²) in [5.74, 6) is 0.415. The van der Waals surface area contributed by atoms with E-state index in [9.17, 15) is 14.7 Å². The van der Waals surface area contributed by atoms with Gasteiger partial charge in [0, 0.05) is 26.9 Å². The van der Waals surface area contributed by atoms with E-state index in [4.69, 9.17) is 53.8 Å². The fraction of sp³-hybridized carbons (Fsp3) is 0.258. The minimum Gasteiger partial charge on any atom is -0.490 e. The fourth-order valence-corrected chi connectivity index (χ4v) is 5.16. The van der Waals surface area contributed by atoms with Crippen LogP contribution in [0.5, 0.6) is 17.2 Å². The first-order valence-electron chi connectivity index (χ1n) is 13.7. The highest BCUT2D eigenvalue weighted by Crippen LogP contribution is 2.35. The number of urea groups is 1. The molecule has 0 aromatic heterocycles. The number of halogens is 3. The fourth-order valence-electron chi connectivity index (χ4n) is 4.41. The lowest BCUT2D eigenvalue weighted by atomic mass is 9.95. The SMILES string of the molecule is CCOc1cc([C@@H]2NC(=O)NC(C)=C2C(=O)OC)ccc1OC[C@@H](O)N/N=C/c1cc(Cl)cc(Cl)c1OCc1ccccc1Cl. The molecule has 0 unspecified atom stereocenters. The minimum atomic E-state index is -1.22. The quantitative estimate of drug-likeness (QED) is 0.0777. The Hall–Kier alpha value is -4.16. The molecule has 4 rings (SSSR count). The van der Waals surface area contributed by atoms with Crippen LogP contribution in [0.3, 0.4) is 0 Å². The number of aliphatic hydroxyl groups excluding tert-OH is 1. The van der Waals surface area contributed by atoms with E-state index in [-0.39, 0.29) is 23.8 Å². The maximum absolute atomic E-state index is 12.5. The third kappa shape index (κ3) is 8.73. The Balaban J connectivity index is 1.43. The van der Waals surface area contributed by atoms with Gasteiger partial charge in [0.25, 0.3) is 0 Å². The van der Waals surface area contributed by atoms with E-state index >= 15 is 0 Å². The van der Waals surface area contributed by atoms with Crippen molar-refractivity contribution in [1.29, 1.82) is 0 Å². The van der Waals surface area contributed by atoms with E-state index in [0.29, 0.717) is 50.7 Å². The summed E-state index contributed by atoms with van der Waals surface area (Å²) in [6.07, 6.45) is 0.184. The first kappa shape index (κ1) is 33.7. The summed E-state index contributed by atoms with van der Waals surface area (Å²) in [5, 5.41) is 21.1. The number of nitrogens with one attached hydrogen (secondary N) is 3. The van der Waals surface area contributed by atoms with Gasteiger partial charge in [-0.15, -0.1) is 0 Å². The van der Waals surface area contributed by atoms with Crippen molar-refractivity contribution in [2.24, 2.45) is 5.10 Å². The van der Waals surface area contributed by atoms with Crippen LogP contribution < -0.4 is 30.3 Å². The number of ether oxygens (including phenoxy) is 4. The number of hydrogen-bond acceptors (Lipinski definition) is 9. The smallest absolute Gasteiger partial charge is 0.337 e. The molecule has 1 aliphatic heterocycles. The number of amides is 2. The van der Waals surface area contributed by atoms with Gasteiger partial charge in [0.15, 0.2) is 17.7 Å². The number of hydrogen-bond donors (Lipinski definition) is 4. The predicted molar refractivity (Wildman–Crippen MR) is 171 cm³/mol. The Morgan fingerprint density at radius 2 is 1.84 bits per heavy atom. The normalized spacial score (nSPS) is 15.3. The Bertz CT molecular complexity index is 1620. The zero-order chi connectivity index (χ0) is 32.5. The molecule has 3 aromatic rings. The highest BCUT2D eigenvalue weighted by Gasteiger charge is 2.32. The van der Waals surface area contributed by atoms with E-state index in [1.54, 1.807) is 50.2 Å². The van der Waals surface area contributed by atoms with Crippen LogP contribution >= 0.6 is 34.8 Å². The van der Waals surface area contributed by atoms with Crippen molar-refractivity contribution in [3.05, 3.63) is 97.6 Å². The molecule has 45 heavy (non-hydrogen) atoms. The Morgan fingerprint density at radius 3 is 2.58 bits per heavy atom. The van der Waals surface area contributed by atoms with Crippen molar-refractivity contribution in [1.82, 2.24) is 16.1 Å². The minimum absolute atomic E-state index is 0.163. The van der Waals surface area contributed by atoms with Gasteiger partial charge in [-0.3, -0.25) is 5.43 Å². The average Bonchev–Trinajstić information content (AvgIpc) is 3.00. The molecule has 14 heteroatoms. The monoisotopic (exact) mass is 676 g/mol. The number of nitrogens with zero attached hydrogens (tertiary/aromatic N) is 1. The van der Waals surface area contributed by atoms with E-state index in [0.717, 1.165) is 5.56 Å². The number of allylic oxidation sites excluding steroid dienone is 1. The van der Waals surface area contributed by atoms with Crippen molar-refractivity contribution >= 4 is 53.0 Å². The molecule has 0 saturated heterocycles. The van der Waals surface area contributed by atoms with Crippen LogP contribution in [0.25, 0.3) is 0 Å². The number of rotatable bonds is 13. The van der Waals surface area contributed by atoms with Crippen molar-refractivity contribution in [2.45, 2.75) is 32.7 Å². The van der Waals surface area contributed by atoms with E-state index in [1.807, 2.05) is 18.2 Å². The zero-order valence-electron chi connectivity index (χ0n) is 24.5. The van der Waals surface area contributed by atoms with E-state index in [2.05, 4.69) is 21.2 Å². The highest BCUT2D eigenvalue weighted by molar-refractivity contribution is 6.36. The lowest BCUT2D eigenvalue weighted by molar-refractivity contribution is -0.136. The number of carbonyl (C=O) groups excluding carboxylic acids is 2. The molecule has 1 heterocycles. The van der Waals surface area contributed by atoms with Crippen LogP contribution in [-0.2, 0) is 16.1 Å². The summed E-state index contributed by atoms with van der Waals surface area (Å²) in [4.78, 5) is 24.6. The van der Waals surface area contributed by atoms with Crippen LogP contribution in [-0.4, -0.2) is 49.9 Å². The summed E-state index contributed by atoms with van der Waals surface area (Å²) in [6.45, 7) is 3.68. The molecule has 238 valence electrons. The zero-order valence-corrected chi connectivity index (χ0v) is 26.8. The summed E-state index contributed by atoms with van der Waals surface area (Å²) < 4.78 is 22.4. The van der Waals surface area contributed by atoms with Gasteiger partial charge in [-0.1, -0.05) is 59.1 Å². The predicted octanol–water partition coefficient (Wildman–Crippen LogP) is 5.75. The second-order valence-corrected chi connectivity index (χ2v) is 10.9. The summed E-state index contributed by atoms with van der Waals surface area (Å²) >= 11 is 18.8. The number of hydrazone groups is 1. The number of benzene rings is 3. The second kappa shape index (κ2) is 15.7. The second-order valence-electron chi connectivity index (χ2n) is 9.60. The van der Waals surface area contributed by atoms with Gasteiger partial charge in [-0.25, -0.2) is 9.59 Å². The molecular weight excluding hydrogens is 647 g/mol. The van der Waals surface area contributed by atoms with Gasteiger partial charge < -0.3 is 34.7 Å². The van der Waals surface area contributed by atoms with Gasteiger partial charge in [0.1, 0.15) is 19.0 Å². The average molecular weight is 678 g/mol. The standard InChI is InChI=1S/C31H31Cl3N4O7/c1-4-43-25-12-18(28-27(30(40)42-3)17(2)36-31(41)37-28)9-10-24(25)44-16-26(39)38-35-14-20-11-21(32)13-23(34)29(20)45-15-19-7-5-6-8-22(19)33/h5-14,26,28,38-39H,4,15-16H2,1-3H3,(H2,36,37,41)/b35-14+/t26-,28+/m1/s1. The lowest BCUT2D eigenvalue weighted by Crippen LogP contribution is -2.45. The molecule has 2 atom stereocenters. The van der Waals surface area contributed by atoms with Gasteiger partial charge in [-0.2, -0.15) is 5.10 Å². The Labute approximate surface area is 275 Å². The van der Waals surface area contributed by atoms with Crippen LogP contribution in [0.2, 0.25) is 15.1 Å². The maximum atomic E-state index is 12.5. The van der Waals surface area contributed by atoms with Crippen LogP contribution in [0, 0.1) is 0 Å². The van der Waals surface area contributed by atoms with Crippen molar-refractivity contribution < 1.29 is 33.6 Å². The molecule has 0 spiro atoms. The molecule has 4 N–H and O–H groups in total. The molecule has 0 saturated carbocycles. The molecule has 0 bridgehead atoms. The number of methoxy groups -OCH3 is 1. The molecular formula is C31H31Cl3N4O7. The van der Waals surface area contributed by atoms with Crippen LogP contribution in [0.4, 0.5) is 4.79 Å². The third-order valence-electron chi connectivity index (χ3n) is 6.47. The number of carbonyl (C=O) groups is 2. The summed E-state index contributed by atoms with van der Waals surface area (Å²) in [6, 6.07) is 14.1. The molecule has 1 aliphatic rings. The summed E-state index contributed by atoms with van der Waals surface area (Å²) in [7, 11) is 1.27. The van der Waals surface area contributed by atoms with Gasteiger partial charge in [-0.05, 0) is 49.7 Å². The molecule has 0 aliphatic carbocycles. The van der Waals surface area contributed by atoms with Crippen molar-refractivity contribution in [3.8, 4) is 17.2 Å². The first-order chi connectivity index (χ1) is 21.6. The third-order valence-corrected chi connectivity index (χ3v) is 7.33. The largest absolute Gasteiger partial charge is 0.490 e. The van der Waals surface area contributed by atoms with Crippen LogP contribution in [0.1, 0.15) is 36.6 Å². The van der Waals surface area contributed by atoms with E-state index < -0.39 is 24.3 Å². The molecule has 11 nitrogen and oxygen atoms in total. The Kier molecular flexibility index (Phi) is 11.8. The van der Waals surface area contributed by atoms with Crippen molar-refractivity contribution in [3.63, 3.8) is 0 Å².